The molecule has 2 amide bonds. The number of piperidine rings is 1. The van der Waals surface area contributed by atoms with Crippen LogP contribution in [-0.4, -0.2) is 69.2 Å². The largest absolute Gasteiger partial charge is 0.489 e. The third kappa shape index (κ3) is 6.54. The lowest BCUT2D eigenvalue weighted by atomic mass is 10.1. The van der Waals surface area contributed by atoms with E-state index in [0.717, 1.165) is 25.9 Å². The first kappa shape index (κ1) is 24.1. The minimum Gasteiger partial charge on any atom is -0.489 e. The molecular formula is C24H29N7O4. The molecule has 4 rings (SSSR count). The maximum Gasteiger partial charge on any atom is 0.278 e. The van der Waals surface area contributed by atoms with Crippen molar-refractivity contribution in [1.29, 1.82) is 0 Å². The number of carbonyl (C=O) groups is 2. The lowest BCUT2D eigenvalue weighted by Gasteiger charge is -2.28. The highest BCUT2D eigenvalue weighted by Crippen LogP contribution is 2.20. The third-order valence-corrected chi connectivity index (χ3v) is 5.40. The van der Waals surface area contributed by atoms with Gasteiger partial charge in [0, 0.05) is 31.5 Å². The predicted octanol–water partition coefficient (Wildman–Crippen LogP) is 2.96. The van der Waals surface area contributed by atoms with Gasteiger partial charge in [-0.3, -0.25) is 19.7 Å². The Morgan fingerprint density at radius 1 is 1.11 bits per heavy atom. The van der Waals surface area contributed by atoms with Crippen molar-refractivity contribution in [1.82, 2.24) is 25.1 Å². The fraction of sp³-hybridized carbons (Fsp3) is 0.375. The van der Waals surface area contributed by atoms with E-state index in [4.69, 9.17) is 9.47 Å². The summed E-state index contributed by atoms with van der Waals surface area (Å²) in [7, 11) is 2.10. The average molecular weight is 480 g/mol. The number of hydrogen-bond donors (Lipinski definition) is 3. The van der Waals surface area contributed by atoms with E-state index in [2.05, 4.69) is 42.7 Å². The number of hydrogen-bond acceptors (Lipinski definition) is 8. The van der Waals surface area contributed by atoms with Crippen LogP contribution in [0.5, 0.6) is 11.6 Å². The SMILES string of the molecule is CC(C)Oc1cncc(C(=O)Nc2c[nH]nc2C(=O)Nc2ccc(OC3CCN(C)CC3)nc2)c1. The van der Waals surface area contributed by atoms with E-state index in [1.807, 2.05) is 13.8 Å². The number of anilines is 2. The summed E-state index contributed by atoms with van der Waals surface area (Å²) in [6.45, 7) is 5.76. The van der Waals surface area contributed by atoms with Crippen molar-refractivity contribution in [3.05, 3.63) is 54.2 Å². The van der Waals surface area contributed by atoms with Crippen LogP contribution in [0, 0.1) is 0 Å². The molecular weight excluding hydrogens is 450 g/mol. The summed E-state index contributed by atoms with van der Waals surface area (Å²) in [5.41, 5.74) is 1.04. The molecule has 11 nitrogen and oxygen atoms in total. The smallest absolute Gasteiger partial charge is 0.278 e. The van der Waals surface area contributed by atoms with Crippen LogP contribution in [0.3, 0.4) is 0 Å². The zero-order chi connectivity index (χ0) is 24.8. The monoisotopic (exact) mass is 479 g/mol. The molecule has 1 saturated heterocycles. The van der Waals surface area contributed by atoms with Gasteiger partial charge in [0.2, 0.25) is 5.88 Å². The molecule has 1 aliphatic heterocycles. The maximum absolute atomic E-state index is 12.8. The number of likely N-dealkylation sites (tertiary alicyclic amines) is 1. The number of pyridine rings is 2. The van der Waals surface area contributed by atoms with Gasteiger partial charge < -0.3 is 25.0 Å². The molecule has 35 heavy (non-hydrogen) atoms. The lowest BCUT2D eigenvalue weighted by molar-refractivity contribution is 0.102. The zero-order valence-corrected chi connectivity index (χ0v) is 19.9. The van der Waals surface area contributed by atoms with Gasteiger partial charge in [-0.25, -0.2) is 4.98 Å². The number of ether oxygens (including phenoxy) is 2. The third-order valence-electron chi connectivity index (χ3n) is 5.40. The van der Waals surface area contributed by atoms with Gasteiger partial charge in [-0.1, -0.05) is 0 Å². The number of aromatic nitrogens is 4. The van der Waals surface area contributed by atoms with Crippen molar-refractivity contribution in [2.75, 3.05) is 30.8 Å². The second-order valence-corrected chi connectivity index (χ2v) is 8.64. The first-order chi connectivity index (χ1) is 16.9. The molecule has 0 saturated carbocycles. The van der Waals surface area contributed by atoms with Crippen LogP contribution < -0.4 is 20.1 Å². The second-order valence-electron chi connectivity index (χ2n) is 8.64. The number of aromatic amines is 1. The van der Waals surface area contributed by atoms with Crippen molar-refractivity contribution in [2.45, 2.75) is 38.9 Å². The summed E-state index contributed by atoms with van der Waals surface area (Å²) in [6, 6.07) is 5.02. The number of carbonyl (C=O) groups excluding carboxylic acids is 2. The molecule has 3 N–H and O–H groups in total. The van der Waals surface area contributed by atoms with Crippen molar-refractivity contribution < 1.29 is 19.1 Å². The highest BCUT2D eigenvalue weighted by molar-refractivity contribution is 6.11. The second kappa shape index (κ2) is 11.0. The zero-order valence-electron chi connectivity index (χ0n) is 19.9. The van der Waals surface area contributed by atoms with Gasteiger partial charge >= 0.3 is 0 Å². The van der Waals surface area contributed by atoms with Gasteiger partial charge in [-0.2, -0.15) is 5.10 Å². The Morgan fingerprint density at radius 2 is 1.91 bits per heavy atom. The first-order valence-corrected chi connectivity index (χ1v) is 11.5. The molecule has 1 fully saturated rings. The van der Waals surface area contributed by atoms with Gasteiger partial charge in [-0.15, -0.1) is 0 Å². The molecule has 0 unspecified atom stereocenters. The molecule has 3 aromatic rings. The Balaban J connectivity index is 1.36. The topological polar surface area (TPSA) is 134 Å². The van der Waals surface area contributed by atoms with E-state index in [0.29, 0.717) is 22.9 Å². The Labute approximate surface area is 203 Å². The van der Waals surface area contributed by atoms with Crippen LogP contribution in [0.15, 0.2) is 43.0 Å². The van der Waals surface area contributed by atoms with Gasteiger partial charge in [0.15, 0.2) is 5.69 Å². The highest BCUT2D eigenvalue weighted by Gasteiger charge is 2.20. The molecule has 0 bridgehead atoms. The van der Waals surface area contributed by atoms with Gasteiger partial charge in [0.05, 0.1) is 35.4 Å². The number of H-pyrrole nitrogens is 1. The number of nitrogens with zero attached hydrogens (tertiary/aromatic N) is 4. The van der Waals surface area contributed by atoms with E-state index < -0.39 is 11.8 Å². The molecule has 0 aliphatic carbocycles. The van der Waals surface area contributed by atoms with E-state index >= 15 is 0 Å². The van der Waals surface area contributed by atoms with Crippen molar-refractivity contribution >= 4 is 23.2 Å². The van der Waals surface area contributed by atoms with Crippen molar-refractivity contribution in [3.8, 4) is 11.6 Å². The minimum absolute atomic E-state index is 0.0348. The van der Waals surface area contributed by atoms with Crippen LogP contribution in [-0.2, 0) is 0 Å². The Bertz CT molecular complexity index is 1150. The molecule has 0 atom stereocenters. The normalized spacial score (nSPS) is 14.5. The fourth-order valence-corrected chi connectivity index (χ4v) is 3.62. The number of rotatable bonds is 8. The summed E-state index contributed by atoms with van der Waals surface area (Å²) < 4.78 is 11.5. The highest BCUT2D eigenvalue weighted by atomic mass is 16.5. The van der Waals surface area contributed by atoms with Gasteiger partial charge in [0.1, 0.15) is 11.9 Å². The standard InChI is InChI=1S/C24H29N7O4/c1-15(2)34-19-10-16(11-25-13-19)23(32)29-20-14-27-30-22(20)24(33)28-17-4-5-21(26-12-17)35-18-6-8-31(3)9-7-18/h4-5,10-15,18H,6-9H2,1-3H3,(H,27,30)(H,28,33)(H,29,32). The molecule has 0 spiro atoms. The molecule has 3 aromatic heterocycles. The lowest BCUT2D eigenvalue weighted by Crippen LogP contribution is -2.35. The van der Waals surface area contributed by atoms with E-state index in [1.54, 1.807) is 18.2 Å². The Kier molecular flexibility index (Phi) is 7.56. The molecule has 0 aromatic carbocycles. The Hall–Kier alpha value is -3.99. The maximum atomic E-state index is 12.8. The molecule has 4 heterocycles. The van der Waals surface area contributed by atoms with E-state index in [9.17, 15) is 9.59 Å². The number of amides is 2. The summed E-state index contributed by atoms with van der Waals surface area (Å²) >= 11 is 0. The van der Waals surface area contributed by atoms with Crippen LogP contribution in [0.1, 0.15) is 47.5 Å². The van der Waals surface area contributed by atoms with E-state index in [-0.39, 0.29) is 23.6 Å². The fourth-order valence-electron chi connectivity index (χ4n) is 3.62. The molecule has 0 radical (unpaired) electrons. The quantitative estimate of drug-likeness (QED) is 0.449. The summed E-state index contributed by atoms with van der Waals surface area (Å²) in [5.74, 6) is 0.0534. The number of nitrogens with one attached hydrogen (secondary N) is 3. The van der Waals surface area contributed by atoms with Crippen LogP contribution >= 0.6 is 0 Å². The predicted molar refractivity (Wildman–Crippen MR) is 130 cm³/mol. The summed E-state index contributed by atoms with van der Waals surface area (Å²) in [5, 5.41) is 12.0. The van der Waals surface area contributed by atoms with E-state index in [1.165, 1.54) is 24.8 Å². The van der Waals surface area contributed by atoms with Crippen molar-refractivity contribution in [3.63, 3.8) is 0 Å². The average Bonchev–Trinajstić information content (AvgIpc) is 3.30. The molecule has 1 aliphatic rings. The van der Waals surface area contributed by atoms with Crippen LogP contribution in [0.4, 0.5) is 11.4 Å². The summed E-state index contributed by atoms with van der Waals surface area (Å²) in [6.07, 6.45) is 7.91. The first-order valence-electron chi connectivity index (χ1n) is 11.5. The van der Waals surface area contributed by atoms with Gasteiger partial charge in [-0.05, 0) is 45.9 Å². The molecule has 11 heteroatoms. The Morgan fingerprint density at radius 3 is 2.63 bits per heavy atom. The van der Waals surface area contributed by atoms with Gasteiger partial charge in [0.25, 0.3) is 11.8 Å². The minimum atomic E-state index is -0.498. The molecule has 184 valence electrons. The van der Waals surface area contributed by atoms with Crippen LogP contribution in [0.25, 0.3) is 0 Å². The summed E-state index contributed by atoms with van der Waals surface area (Å²) in [4.78, 5) is 36.1. The van der Waals surface area contributed by atoms with Crippen molar-refractivity contribution in [2.24, 2.45) is 0 Å². The van der Waals surface area contributed by atoms with Crippen LogP contribution in [0.2, 0.25) is 0 Å².